The molecule has 4 heterocycles. The van der Waals surface area contributed by atoms with Gasteiger partial charge in [0.2, 0.25) is 0 Å². The zero-order valence-corrected chi connectivity index (χ0v) is 25.0. The molecule has 2 saturated heterocycles. The molecule has 3 aliphatic heterocycles. The summed E-state index contributed by atoms with van der Waals surface area (Å²) < 4.78 is 9.44. The van der Waals surface area contributed by atoms with Gasteiger partial charge in [0.05, 0.1) is 18.8 Å². The zero-order valence-electron chi connectivity index (χ0n) is 24.2. The molecule has 0 saturated carbocycles. The number of cyclic esters (lactones) is 1. The Labute approximate surface area is 262 Å². The van der Waals surface area contributed by atoms with Crippen molar-refractivity contribution in [3.63, 3.8) is 0 Å². The summed E-state index contributed by atoms with van der Waals surface area (Å²) >= 11 is 1.91. The molecular formula is C31H30N4O9S. The maximum Gasteiger partial charge on any atom is 0.433 e. The molecule has 0 bridgehead atoms. The van der Waals surface area contributed by atoms with Gasteiger partial charge in [0.15, 0.2) is 5.76 Å². The van der Waals surface area contributed by atoms with Crippen molar-refractivity contribution in [2.45, 2.75) is 22.6 Å². The van der Waals surface area contributed by atoms with Crippen molar-refractivity contribution in [3.05, 3.63) is 105 Å². The molecule has 234 valence electrons. The first kappa shape index (κ1) is 32.7. The van der Waals surface area contributed by atoms with Gasteiger partial charge in [0.25, 0.3) is 0 Å². The Bertz CT molecular complexity index is 1590. The number of carbonyl (C=O) groups is 3. The van der Waals surface area contributed by atoms with Gasteiger partial charge < -0.3 is 24.3 Å². The molecule has 0 unspecified atom stereocenters. The molecule has 3 aromatic rings. The number of carboxylic acids is 2. The number of ether oxygens (including phenoxy) is 1. The first-order chi connectivity index (χ1) is 21.6. The average Bonchev–Trinajstić information content (AvgIpc) is 3.68. The van der Waals surface area contributed by atoms with Crippen LogP contribution in [-0.4, -0.2) is 82.6 Å². The van der Waals surface area contributed by atoms with Gasteiger partial charge >= 0.3 is 23.9 Å². The van der Waals surface area contributed by atoms with E-state index in [1.807, 2.05) is 11.8 Å². The lowest BCUT2D eigenvalue weighted by atomic mass is 9.88. The second kappa shape index (κ2) is 15.5. The molecule has 0 spiro atoms. The predicted molar refractivity (Wildman–Crippen MR) is 165 cm³/mol. The van der Waals surface area contributed by atoms with E-state index in [0.29, 0.717) is 18.7 Å². The lowest BCUT2D eigenvalue weighted by Crippen LogP contribution is -2.27. The van der Waals surface area contributed by atoms with Crippen molar-refractivity contribution in [2.24, 2.45) is 5.10 Å². The number of benzene rings is 2. The summed E-state index contributed by atoms with van der Waals surface area (Å²) in [6.07, 6.45) is 4.18. The molecule has 2 fully saturated rings. The minimum atomic E-state index is -1.26. The fraction of sp³-hybridized carbons (Fsp3) is 0.226. The zero-order chi connectivity index (χ0) is 32.3. The van der Waals surface area contributed by atoms with Crippen molar-refractivity contribution in [1.82, 2.24) is 9.91 Å². The predicted octanol–water partition coefficient (Wildman–Crippen LogP) is 5.36. The molecule has 0 aliphatic carbocycles. The van der Waals surface area contributed by atoms with E-state index in [2.05, 4.69) is 70.3 Å². The second-order valence-electron chi connectivity index (χ2n) is 9.80. The Morgan fingerprint density at radius 1 is 0.933 bits per heavy atom. The number of rotatable bonds is 5. The molecule has 1 aromatic heterocycles. The number of hydrazone groups is 1. The molecule has 13 nitrogen and oxygen atoms in total. The molecule has 14 heteroatoms. The second-order valence-corrected chi connectivity index (χ2v) is 10.9. The van der Waals surface area contributed by atoms with E-state index in [4.69, 9.17) is 14.6 Å². The average molecular weight is 635 g/mol. The number of likely N-dealkylation sites (tertiary alicyclic amines) is 1. The van der Waals surface area contributed by atoms with Gasteiger partial charge in [-0.2, -0.15) is 10.1 Å². The van der Waals surface area contributed by atoms with Gasteiger partial charge in [-0.1, -0.05) is 53.7 Å². The van der Waals surface area contributed by atoms with E-state index in [1.54, 1.807) is 5.57 Å². The van der Waals surface area contributed by atoms with Gasteiger partial charge in [-0.25, -0.2) is 14.4 Å². The summed E-state index contributed by atoms with van der Waals surface area (Å²) in [5.74, 6) is -2.68. The van der Waals surface area contributed by atoms with Crippen molar-refractivity contribution >= 4 is 47.5 Å². The Hall–Kier alpha value is -5.21. The maximum atomic E-state index is 11.0. The van der Waals surface area contributed by atoms with Crippen LogP contribution >= 0.6 is 11.8 Å². The summed E-state index contributed by atoms with van der Waals surface area (Å²) in [6.45, 7) is 3.00. The maximum absolute atomic E-state index is 11.0. The number of nitrogens with zero attached hydrogens (tertiary/aromatic N) is 4. The number of hydrogen-bond acceptors (Lipinski definition) is 10. The minimum absolute atomic E-state index is 0.200. The molecule has 0 radical (unpaired) electrons. The van der Waals surface area contributed by atoms with Gasteiger partial charge in [-0.05, 0) is 54.8 Å². The smallest absolute Gasteiger partial charge is 0.433 e. The highest BCUT2D eigenvalue weighted by Crippen LogP contribution is 2.47. The number of carboxylic acid groups (broad SMARTS) is 2. The number of piperidine rings is 1. The third-order valence-electron chi connectivity index (χ3n) is 6.70. The van der Waals surface area contributed by atoms with Crippen molar-refractivity contribution in [3.8, 4) is 0 Å². The highest BCUT2D eigenvalue weighted by Gasteiger charge is 2.25. The van der Waals surface area contributed by atoms with Gasteiger partial charge in [-0.15, -0.1) is 0 Å². The highest BCUT2D eigenvalue weighted by molar-refractivity contribution is 7.99. The van der Waals surface area contributed by atoms with Gasteiger partial charge in [0.1, 0.15) is 11.5 Å². The van der Waals surface area contributed by atoms with E-state index in [-0.39, 0.29) is 18.3 Å². The number of fused-ring (bicyclic) bond motifs is 2. The number of aliphatic carboxylic acids is 2. The molecule has 2 aromatic carbocycles. The quantitative estimate of drug-likeness (QED) is 0.125. The van der Waals surface area contributed by atoms with Crippen LogP contribution in [0.4, 0.5) is 10.7 Å². The first-order valence-corrected chi connectivity index (χ1v) is 14.6. The number of hydrogen-bond donors (Lipinski definition) is 2. The number of nitro groups is 1. The minimum Gasteiger partial charge on any atom is -0.478 e. The van der Waals surface area contributed by atoms with Crippen LogP contribution < -0.4 is 0 Å². The van der Waals surface area contributed by atoms with Crippen LogP contribution in [0.2, 0.25) is 0 Å². The van der Waals surface area contributed by atoms with Gasteiger partial charge in [0, 0.05) is 35.0 Å². The van der Waals surface area contributed by atoms with Crippen molar-refractivity contribution < 1.29 is 38.7 Å². The van der Waals surface area contributed by atoms with E-state index < -0.39 is 23.0 Å². The Morgan fingerprint density at radius 3 is 2.00 bits per heavy atom. The fourth-order valence-corrected chi connectivity index (χ4v) is 5.67. The SMILES string of the molecule is CN1CCC(=C2c3ccccc3Sc3ccccc32)CC1.O=C(O)C=CC(=O)O.O=C1OCCN1N=Cc1ccc([N+](=O)[O-])o1. The first-order valence-electron chi connectivity index (χ1n) is 13.8. The molecule has 1 amide bonds. The molecule has 6 rings (SSSR count). The van der Waals surface area contributed by atoms with Crippen LogP contribution in [0.15, 0.2) is 97.7 Å². The third-order valence-corrected chi connectivity index (χ3v) is 7.85. The van der Waals surface area contributed by atoms with Crippen LogP contribution in [0.1, 0.15) is 29.7 Å². The Morgan fingerprint density at radius 2 is 1.51 bits per heavy atom. The summed E-state index contributed by atoms with van der Waals surface area (Å²) in [7, 11) is 2.22. The number of furan rings is 1. The number of carbonyl (C=O) groups excluding carboxylic acids is 1. The molecular weight excluding hydrogens is 604 g/mol. The van der Waals surface area contributed by atoms with E-state index in [0.717, 1.165) is 5.01 Å². The standard InChI is InChI=1S/C19H19NS.C8H7N3O5.C4H4O4/c1-20-12-10-14(11-13-20)19-15-6-2-4-8-17(15)21-18-9-5-3-7-16(18)19;12-8-10(3-4-15-8)9-5-6-1-2-7(16-6)11(13)14;5-3(6)1-2-4(7)8/h2-9H,10-13H2,1H3;1-2,5H,3-4H2;1-2H,(H,5,6)(H,7,8). The van der Waals surface area contributed by atoms with Crippen LogP contribution in [0.25, 0.3) is 5.57 Å². The fourth-order valence-electron chi connectivity index (χ4n) is 4.58. The van der Waals surface area contributed by atoms with Crippen LogP contribution in [0.5, 0.6) is 0 Å². The summed E-state index contributed by atoms with van der Waals surface area (Å²) in [6, 6.07) is 20.3. The normalized spacial score (nSPS) is 15.8. The van der Waals surface area contributed by atoms with Crippen molar-refractivity contribution in [1.29, 1.82) is 0 Å². The Kier molecular flexibility index (Phi) is 11.3. The molecule has 2 N–H and O–H groups in total. The van der Waals surface area contributed by atoms with E-state index >= 15 is 0 Å². The summed E-state index contributed by atoms with van der Waals surface area (Å²) in [4.78, 5) is 45.0. The van der Waals surface area contributed by atoms with Crippen LogP contribution in [0.3, 0.4) is 0 Å². The lowest BCUT2D eigenvalue weighted by Gasteiger charge is -2.30. The lowest BCUT2D eigenvalue weighted by molar-refractivity contribution is -0.402. The van der Waals surface area contributed by atoms with Gasteiger partial charge in [-0.3, -0.25) is 10.1 Å². The van der Waals surface area contributed by atoms with E-state index in [1.165, 1.54) is 70.8 Å². The monoisotopic (exact) mass is 634 g/mol. The molecule has 3 aliphatic rings. The Balaban J connectivity index is 0.000000170. The number of amides is 1. The summed E-state index contributed by atoms with van der Waals surface area (Å²) in [5, 5.41) is 30.8. The molecule has 45 heavy (non-hydrogen) atoms. The van der Waals surface area contributed by atoms with E-state index in [9.17, 15) is 24.5 Å². The van der Waals surface area contributed by atoms with Crippen LogP contribution in [0, 0.1) is 10.1 Å². The molecule has 0 atom stereocenters. The van der Waals surface area contributed by atoms with Crippen molar-refractivity contribution in [2.75, 3.05) is 33.3 Å². The van der Waals surface area contributed by atoms with Crippen LogP contribution in [-0.2, 0) is 14.3 Å². The highest BCUT2D eigenvalue weighted by atomic mass is 32.2. The summed E-state index contributed by atoms with van der Waals surface area (Å²) in [5.41, 5.74) is 6.00. The topological polar surface area (TPSA) is 176 Å². The third kappa shape index (κ3) is 9.14. The largest absolute Gasteiger partial charge is 0.478 e.